The van der Waals surface area contributed by atoms with Crippen LogP contribution in [0.25, 0.3) is 17.3 Å². The van der Waals surface area contributed by atoms with Crippen molar-refractivity contribution in [2.75, 3.05) is 13.1 Å². The van der Waals surface area contributed by atoms with Gasteiger partial charge in [0.2, 0.25) is 10.0 Å². The zero-order chi connectivity index (χ0) is 18.9. The van der Waals surface area contributed by atoms with Gasteiger partial charge in [-0.05, 0) is 18.6 Å². The van der Waals surface area contributed by atoms with Gasteiger partial charge in [0.25, 0.3) is 0 Å². The van der Waals surface area contributed by atoms with Crippen LogP contribution in [0.3, 0.4) is 0 Å². The van der Waals surface area contributed by atoms with Crippen LogP contribution in [0.15, 0.2) is 66.2 Å². The highest BCUT2D eigenvalue weighted by atomic mass is 32.2. The van der Waals surface area contributed by atoms with Crippen molar-refractivity contribution in [3.63, 3.8) is 0 Å². The molecule has 7 heteroatoms. The molecule has 0 radical (unpaired) electrons. The first-order valence-corrected chi connectivity index (χ1v) is 10.2. The second kappa shape index (κ2) is 7.09. The van der Waals surface area contributed by atoms with Gasteiger partial charge >= 0.3 is 0 Å². The van der Waals surface area contributed by atoms with Crippen LogP contribution in [0.5, 0.6) is 0 Å². The van der Waals surface area contributed by atoms with Crippen molar-refractivity contribution in [2.24, 2.45) is 0 Å². The van der Waals surface area contributed by atoms with Gasteiger partial charge in [-0.3, -0.25) is 0 Å². The van der Waals surface area contributed by atoms with Gasteiger partial charge in [0.15, 0.2) is 0 Å². The van der Waals surface area contributed by atoms with Crippen molar-refractivity contribution in [3.05, 3.63) is 77.3 Å². The molecule has 2 heterocycles. The van der Waals surface area contributed by atoms with Crippen LogP contribution in [-0.4, -0.2) is 40.8 Å². The maximum absolute atomic E-state index is 12.5. The molecule has 1 aromatic heterocycles. The van der Waals surface area contributed by atoms with Gasteiger partial charge in [-0.2, -0.15) is 4.31 Å². The summed E-state index contributed by atoms with van der Waals surface area (Å²) in [5, 5.41) is 9.62. The molecule has 1 aliphatic heterocycles. The molecule has 0 bridgehead atoms. The molecule has 0 atom stereocenters. The summed E-state index contributed by atoms with van der Waals surface area (Å²) >= 11 is 0. The average Bonchev–Trinajstić information content (AvgIpc) is 3.10. The predicted octanol–water partition coefficient (Wildman–Crippen LogP) is 3.11. The number of rotatable bonds is 5. The zero-order valence-electron chi connectivity index (χ0n) is 14.9. The number of nitrogens with zero attached hydrogens (tertiary/aromatic N) is 4. The molecule has 0 saturated carbocycles. The van der Waals surface area contributed by atoms with E-state index in [2.05, 4.69) is 10.3 Å². The number of aromatic nitrogens is 3. The van der Waals surface area contributed by atoms with Gasteiger partial charge in [0, 0.05) is 24.1 Å². The second-order valence-corrected chi connectivity index (χ2v) is 8.50. The minimum atomic E-state index is -3.43. The molecule has 27 heavy (non-hydrogen) atoms. The van der Waals surface area contributed by atoms with Crippen LogP contribution >= 0.6 is 0 Å². The zero-order valence-corrected chi connectivity index (χ0v) is 15.7. The monoisotopic (exact) mass is 380 g/mol. The minimum Gasteiger partial charge on any atom is -0.246 e. The third-order valence-electron chi connectivity index (χ3n) is 4.65. The third-order valence-corrected chi connectivity index (χ3v) is 6.15. The lowest BCUT2D eigenvalue weighted by molar-refractivity contribution is 0.191. The summed E-state index contributed by atoms with van der Waals surface area (Å²) in [6, 6.07) is 17.5. The Morgan fingerprint density at radius 3 is 2.44 bits per heavy atom. The van der Waals surface area contributed by atoms with E-state index in [1.165, 1.54) is 9.71 Å². The van der Waals surface area contributed by atoms with Gasteiger partial charge < -0.3 is 0 Å². The number of hydrogen-bond acceptors (Lipinski definition) is 4. The van der Waals surface area contributed by atoms with Gasteiger partial charge in [-0.15, -0.1) is 5.10 Å². The molecule has 1 fully saturated rings. The average molecular weight is 380 g/mol. The number of sulfonamides is 1. The highest BCUT2D eigenvalue weighted by molar-refractivity contribution is 7.92. The van der Waals surface area contributed by atoms with Crippen molar-refractivity contribution in [3.8, 4) is 11.3 Å². The molecule has 1 aliphatic rings. The first-order chi connectivity index (χ1) is 13.0. The number of aryl methyl sites for hydroxylation is 1. The van der Waals surface area contributed by atoms with Gasteiger partial charge in [-0.1, -0.05) is 65.4 Å². The van der Waals surface area contributed by atoms with E-state index in [-0.39, 0.29) is 6.04 Å². The van der Waals surface area contributed by atoms with E-state index in [0.29, 0.717) is 13.1 Å². The summed E-state index contributed by atoms with van der Waals surface area (Å²) in [5.41, 5.74) is 3.79. The van der Waals surface area contributed by atoms with Crippen LogP contribution in [0.1, 0.15) is 17.2 Å². The molecule has 138 valence electrons. The Morgan fingerprint density at radius 2 is 1.74 bits per heavy atom. The van der Waals surface area contributed by atoms with E-state index < -0.39 is 10.0 Å². The van der Waals surface area contributed by atoms with Crippen LogP contribution in [0, 0.1) is 6.92 Å². The Morgan fingerprint density at radius 1 is 1.04 bits per heavy atom. The first-order valence-electron chi connectivity index (χ1n) is 8.73. The molecule has 3 aromatic rings. The normalized spacial score (nSPS) is 15.9. The Balaban J connectivity index is 1.40. The lowest BCUT2D eigenvalue weighted by atomic mass is 10.1. The van der Waals surface area contributed by atoms with Gasteiger partial charge in [0.1, 0.15) is 5.69 Å². The van der Waals surface area contributed by atoms with Crippen LogP contribution < -0.4 is 0 Å². The highest BCUT2D eigenvalue weighted by Crippen LogP contribution is 2.26. The van der Waals surface area contributed by atoms with E-state index in [1.54, 1.807) is 10.8 Å². The molecule has 1 saturated heterocycles. The van der Waals surface area contributed by atoms with Crippen molar-refractivity contribution >= 4 is 16.1 Å². The second-order valence-electron chi connectivity index (χ2n) is 6.68. The summed E-state index contributed by atoms with van der Waals surface area (Å²) in [5.74, 6) is 0. The number of benzene rings is 2. The molecular weight excluding hydrogens is 360 g/mol. The molecule has 6 nitrogen and oxygen atoms in total. The van der Waals surface area contributed by atoms with Crippen LogP contribution in [0.2, 0.25) is 0 Å². The van der Waals surface area contributed by atoms with Gasteiger partial charge in [0.05, 0.1) is 12.2 Å². The van der Waals surface area contributed by atoms with Gasteiger partial charge in [-0.25, -0.2) is 13.1 Å². The molecule has 0 amide bonds. The van der Waals surface area contributed by atoms with Crippen molar-refractivity contribution in [1.29, 1.82) is 0 Å². The summed E-state index contributed by atoms with van der Waals surface area (Å²) in [6.07, 6.45) is 3.50. The van der Waals surface area contributed by atoms with E-state index in [0.717, 1.165) is 22.4 Å². The molecule has 0 unspecified atom stereocenters. The molecule has 2 aromatic carbocycles. The standard InChI is InChI=1S/C20H20N4O2S/c1-16-7-9-17(10-8-16)11-12-27(25,26)23-13-19(14-23)24-15-20(21-22-24)18-5-3-2-4-6-18/h2-12,15,19H,13-14H2,1H3/b12-11+. The smallest absolute Gasteiger partial charge is 0.236 e. The van der Waals surface area contributed by atoms with E-state index in [9.17, 15) is 8.42 Å². The third kappa shape index (κ3) is 3.84. The molecule has 0 spiro atoms. The fourth-order valence-corrected chi connectivity index (χ4v) is 4.18. The van der Waals surface area contributed by atoms with Crippen LogP contribution in [-0.2, 0) is 10.0 Å². The minimum absolute atomic E-state index is 0.0116. The highest BCUT2D eigenvalue weighted by Gasteiger charge is 2.36. The van der Waals surface area contributed by atoms with E-state index in [4.69, 9.17) is 0 Å². The summed E-state index contributed by atoms with van der Waals surface area (Å²) in [4.78, 5) is 0. The van der Waals surface area contributed by atoms with Crippen molar-refractivity contribution in [1.82, 2.24) is 19.3 Å². The Hall–Kier alpha value is -2.77. The van der Waals surface area contributed by atoms with Crippen molar-refractivity contribution in [2.45, 2.75) is 13.0 Å². The van der Waals surface area contributed by atoms with Crippen LogP contribution in [0.4, 0.5) is 0 Å². The summed E-state index contributed by atoms with van der Waals surface area (Å²) < 4.78 is 28.1. The fraction of sp³-hybridized carbons (Fsp3) is 0.200. The maximum Gasteiger partial charge on any atom is 0.236 e. The quantitative estimate of drug-likeness (QED) is 0.682. The molecule has 0 N–H and O–H groups in total. The maximum atomic E-state index is 12.5. The summed E-state index contributed by atoms with van der Waals surface area (Å²) in [7, 11) is -3.43. The Bertz CT molecular complexity index is 1050. The topological polar surface area (TPSA) is 68.1 Å². The molecule has 0 aliphatic carbocycles. The lowest BCUT2D eigenvalue weighted by Gasteiger charge is -2.36. The Labute approximate surface area is 158 Å². The van der Waals surface area contributed by atoms with E-state index >= 15 is 0 Å². The van der Waals surface area contributed by atoms with E-state index in [1.807, 2.05) is 67.7 Å². The Kier molecular flexibility index (Phi) is 4.63. The molecule has 4 rings (SSSR count). The first kappa shape index (κ1) is 17.6. The number of hydrogen-bond donors (Lipinski definition) is 0. The molecular formula is C20H20N4O2S. The summed E-state index contributed by atoms with van der Waals surface area (Å²) in [6.45, 7) is 2.80. The predicted molar refractivity (Wildman–Crippen MR) is 105 cm³/mol. The lowest BCUT2D eigenvalue weighted by Crippen LogP contribution is -2.50. The SMILES string of the molecule is Cc1ccc(/C=C/S(=O)(=O)N2CC(n3cc(-c4ccccc4)nn3)C2)cc1. The van der Waals surface area contributed by atoms with Crippen molar-refractivity contribution < 1.29 is 8.42 Å². The largest absolute Gasteiger partial charge is 0.246 e. The fourth-order valence-electron chi connectivity index (χ4n) is 2.92.